The zero-order valence-electron chi connectivity index (χ0n) is 11.3. The zero-order valence-corrected chi connectivity index (χ0v) is 11.3. The van der Waals surface area contributed by atoms with E-state index in [1.54, 1.807) is 50.8 Å². The second-order valence-electron chi connectivity index (χ2n) is 4.06. The van der Waals surface area contributed by atoms with Gasteiger partial charge in [0.15, 0.2) is 0 Å². The Labute approximate surface area is 117 Å². The lowest BCUT2D eigenvalue weighted by Crippen LogP contribution is -1.90. The molecule has 0 bridgehead atoms. The Hall–Kier alpha value is -2.80. The number of nitriles is 1. The Balaban J connectivity index is 2.23. The topological polar surface area (TPSA) is 54.6 Å². The first-order valence-electron chi connectivity index (χ1n) is 6.02. The van der Waals surface area contributed by atoms with Gasteiger partial charge in [-0.1, -0.05) is 0 Å². The second-order valence-corrected chi connectivity index (χ2v) is 4.06. The largest absolute Gasteiger partial charge is 0.497 e. The first kappa shape index (κ1) is 13.6. The fraction of sp³-hybridized carbons (Fsp3) is 0.125. The average Bonchev–Trinajstić information content (AvgIpc) is 2.53. The van der Waals surface area contributed by atoms with Gasteiger partial charge in [0.2, 0.25) is 0 Å². The summed E-state index contributed by atoms with van der Waals surface area (Å²) in [6.07, 6.45) is 1.73. The van der Waals surface area contributed by atoms with Crippen molar-refractivity contribution >= 4 is 11.9 Å². The molecule has 0 aliphatic heterocycles. The van der Waals surface area contributed by atoms with Crippen molar-refractivity contribution in [1.82, 2.24) is 0 Å². The fourth-order valence-electron chi connectivity index (χ4n) is 1.68. The van der Waals surface area contributed by atoms with Crippen LogP contribution in [0, 0.1) is 11.3 Å². The predicted molar refractivity (Wildman–Crippen MR) is 78.0 cm³/mol. The lowest BCUT2D eigenvalue weighted by atomic mass is 10.2. The molecule has 20 heavy (non-hydrogen) atoms. The van der Waals surface area contributed by atoms with Crippen LogP contribution >= 0.6 is 0 Å². The van der Waals surface area contributed by atoms with Gasteiger partial charge in [0.25, 0.3) is 0 Å². The average molecular weight is 266 g/mol. The van der Waals surface area contributed by atoms with Crippen LogP contribution in [-0.4, -0.2) is 20.4 Å². The van der Waals surface area contributed by atoms with Crippen LogP contribution in [0.4, 0.5) is 5.69 Å². The van der Waals surface area contributed by atoms with Crippen LogP contribution < -0.4 is 9.47 Å². The van der Waals surface area contributed by atoms with E-state index >= 15 is 0 Å². The van der Waals surface area contributed by atoms with E-state index in [9.17, 15) is 0 Å². The van der Waals surface area contributed by atoms with Gasteiger partial charge >= 0.3 is 0 Å². The number of rotatable bonds is 4. The molecule has 2 rings (SSSR count). The molecular weight excluding hydrogens is 252 g/mol. The Kier molecular flexibility index (Phi) is 4.35. The summed E-state index contributed by atoms with van der Waals surface area (Å²) in [6.45, 7) is 0. The Morgan fingerprint density at radius 2 is 1.60 bits per heavy atom. The maximum Gasteiger partial charge on any atom is 0.123 e. The molecule has 0 saturated heterocycles. The molecule has 0 aliphatic carbocycles. The number of methoxy groups -OCH3 is 2. The number of hydrogen-bond acceptors (Lipinski definition) is 4. The Bertz CT molecular complexity index is 633. The van der Waals surface area contributed by atoms with Gasteiger partial charge in [-0.3, -0.25) is 4.99 Å². The third kappa shape index (κ3) is 3.36. The third-order valence-corrected chi connectivity index (χ3v) is 2.73. The van der Waals surface area contributed by atoms with Crippen molar-refractivity contribution in [3.05, 3.63) is 53.6 Å². The maximum absolute atomic E-state index is 8.74. The van der Waals surface area contributed by atoms with Crippen LogP contribution in [0.25, 0.3) is 0 Å². The normalized spacial score (nSPS) is 10.2. The molecular formula is C16H14N2O2. The van der Waals surface area contributed by atoms with Gasteiger partial charge in [0.05, 0.1) is 31.5 Å². The van der Waals surface area contributed by atoms with Gasteiger partial charge in [0.1, 0.15) is 11.5 Å². The summed E-state index contributed by atoms with van der Waals surface area (Å²) in [5, 5.41) is 8.74. The number of aliphatic imine (C=N–C) groups is 1. The summed E-state index contributed by atoms with van der Waals surface area (Å²) in [5.41, 5.74) is 2.28. The standard InChI is InChI=1S/C16H14N2O2/c1-19-15-7-13(8-16(9-15)20-2)11-18-14-5-3-12(10-17)4-6-14/h3-9,11H,1-2H3. The van der Waals surface area contributed by atoms with Gasteiger partial charge in [-0.15, -0.1) is 0 Å². The SMILES string of the molecule is COc1cc(C=Nc2ccc(C#N)cc2)cc(OC)c1. The molecule has 0 amide bonds. The summed E-state index contributed by atoms with van der Waals surface area (Å²) in [4.78, 5) is 4.36. The smallest absolute Gasteiger partial charge is 0.123 e. The minimum atomic E-state index is 0.618. The van der Waals surface area contributed by atoms with Crippen LogP contribution in [0.2, 0.25) is 0 Å². The molecule has 4 nitrogen and oxygen atoms in total. The van der Waals surface area contributed by atoms with E-state index in [0.717, 1.165) is 11.3 Å². The molecule has 2 aromatic rings. The molecule has 0 radical (unpaired) electrons. The lowest BCUT2D eigenvalue weighted by Gasteiger charge is -2.05. The van der Waals surface area contributed by atoms with E-state index in [4.69, 9.17) is 14.7 Å². The quantitative estimate of drug-likeness (QED) is 0.797. The van der Waals surface area contributed by atoms with Crippen molar-refractivity contribution in [2.24, 2.45) is 4.99 Å². The number of hydrogen-bond donors (Lipinski definition) is 0. The van der Waals surface area contributed by atoms with Crippen LogP contribution in [-0.2, 0) is 0 Å². The first-order valence-corrected chi connectivity index (χ1v) is 6.02. The second kappa shape index (κ2) is 6.39. The summed E-state index contributed by atoms with van der Waals surface area (Å²) in [6, 6.07) is 14.7. The van der Waals surface area contributed by atoms with Crippen LogP contribution in [0.3, 0.4) is 0 Å². The maximum atomic E-state index is 8.74. The van der Waals surface area contributed by atoms with Crippen molar-refractivity contribution < 1.29 is 9.47 Å². The van der Waals surface area contributed by atoms with Crippen molar-refractivity contribution in [2.75, 3.05) is 14.2 Å². The fourth-order valence-corrected chi connectivity index (χ4v) is 1.68. The van der Waals surface area contributed by atoms with Gasteiger partial charge in [-0.25, -0.2) is 0 Å². The number of nitrogens with zero attached hydrogens (tertiary/aromatic N) is 2. The monoisotopic (exact) mass is 266 g/mol. The number of ether oxygens (including phenoxy) is 2. The van der Waals surface area contributed by atoms with Crippen molar-refractivity contribution in [3.63, 3.8) is 0 Å². The van der Waals surface area contributed by atoms with Gasteiger partial charge in [-0.2, -0.15) is 5.26 Å². The van der Waals surface area contributed by atoms with Crippen molar-refractivity contribution in [2.45, 2.75) is 0 Å². The predicted octanol–water partition coefficient (Wildman–Crippen LogP) is 3.33. The molecule has 4 heteroatoms. The minimum absolute atomic E-state index is 0.618. The van der Waals surface area contributed by atoms with Crippen LogP contribution in [0.15, 0.2) is 47.5 Å². The highest BCUT2D eigenvalue weighted by molar-refractivity contribution is 5.83. The van der Waals surface area contributed by atoms with E-state index in [2.05, 4.69) is 11.1 Å². The van der Waals surface area contributed by atoms with Gasteiger partial charge < -0.3 is 9.47 Å². The van der Waals surface area contributed by atoms with E-state index in [1.807, 2.05) is 12.1 Å². The van der Waals surface area contributed by atoms with Crippen LogP contribution in [0.5, 0.6) is 11.5 Å². The van der Waals surface area contributed by atoms with E-state index in [-0.39, 0.29) is 0 Å². The molecule has 0 heterocycles. The highest BCUT2D eigenvalue weighted by Gasteiger charge is 2.00. The van der Waals surface area contributed by atoms with Crippen molar-refractivity contribution in [3.8, 4) is 17.6 Å². The summed E-state index contributed by atoms with van der Waals surface area (Å²) in [5.74, 6) is 1.43. The van der Waals surface area contributed by atoms with Crippen LogP contribution in [0.1, 0.15) is 11.1 Å². The highest BCUT2D eigenvalue weighted by Crippen LogP contribution is 2.22. The van der Waals surface area contributed by atoms with E-state index in [1.165, 1.54) is 0 Å². The molecule has 0 N–H and O–H groups in total. The Morgan fingerprint density at radius 1 is 1.00 bits per heavy atom. The zero-order chi connectivity index (χ0) is 14.4. The van der Waals surface area contributed by atoms with Crippen molar-refractivity contribution in [1.29, 1.82) is 5.26 Å². The molecule has 0 unspecified atom stereocenters. The van der Waals surface area contributed by atoms with Gasteiger partial charge in [0, 0.05) is 17.8 Å². The molecule has 0 atom stereocenters. The van der Waals surface area contributed by atoms with E-state index in [0.29, 0.717) is 17.1 Å². The first-order chi connectivity index (χ1) is 9.75. The minimum Gasteiger partial charge on any atom is -0.497 e. The molecule has 0 saturated carbocycles. The summed E-state index contributed by atoms with van der Waals surface area (Å²) in [7, 11) is 3.21. The molecule has 0 fully saturated rings. The molecule has 0 spiro atoms. The lowest BCUT2D eigenvalue weighted by molar-refractivity contribution is 0.394. The molecule has 100 valence electrons. The Morgan fingerprint density at radius 3 is 2.10 bits per heavy atom. The molecule has 2 aromatic carbocycles. The van der Waals surface area contributed by atoms with E-state index < -0.39 is 0 Å². The summed E-state index contributed by atoms with van der Waals surface area (Å²) >= 11 is 0. The molecule has 0 aliphatic rings. The number of benzene rings is 2. The van der Waals surface area contributed by atoms with Gasteiger partial charge in [-0.05, 0) is 36.4 Å². The highest BCUT2D eigenvalue weighted by atomic mass is 16.5. The third-order valence-electron chi connectivity index (χ3n) is 2.73. The summed E-state index contributed by atoms with van der Waals surface area (Å²) < 4.78 is 10.4. The molecule has 0 aromatic heterocycles.